The van der Waals surface area contributed by atoms with Crippen molar-refractivity contribution < 1.29 is 13.6 Å². The number of carbonyl (C=O) groups excluding carboxylic acids is 1. The van der Waals surface area contributed by atoms with E-state index in [1.807, 2.05) is 0 Å². The summed E-state index contributed by atoms with van der Waals surface area (Å²) in [5.41, 5.74) is 5.63. The van der Waals surface area contributed by atoms with Crippen LogP contribution >= 0.6 is 11.3 Å². The molecule has 0 aliphatic heterocycles. The maximum atomic E-state index is 12.0. The van der Waals surface area contributed by atoms with Gasteiger partial charge in [0.1, 0.15) is 6.04 Å². The monoisotopic (exact) mass is 234 g/mol. The standard InChI is InChI=1S/C9H12F2N2OS/c1-13(5-7(10)11)9(14)8(12)6-3-2-4-15-6/h2-4,7-8H,5,12H2,1H3. The van der Waals surface area contributed by atoms with Crippen molar-refractivity contribution in [3.05, 3.63) is 22.4 Å². The van der Waals surface area contributed by atoms with Gasteiger partial charge in [-0.15, -0.1) is 11.3 Å². The van der Waals surface area contributed by atoms with Crippen molar-refractivity contribution in [1.82, 2.24) is 4.90 Å². The second-order valence-electron chi connectivity index (χ2n) is 3.10. The van der Waals surface area contributed by atoms with Gasteiger partial charge in [-0.1, -0.05) is 6.07 Å². The van der Waals surface area contributed by atoms with E-state index in [0.29, 0.717) is 4.88 Å². The summed E-state index contributed by atoms with van der Waals surface area (Å²) in [5, 5.41) is 1.79. The maximum absolute atomic E-state index is 12.0. The first-order valence-electron chi connectivity index (χ1n) is 4.34. The highest BCUT2D eigenvalue weighted by Gasteiger charge is 2.22. The zero-order chi connectivity index (χ0) is 11.4. The molecule has 0 aliphatic rings. The highest BCUT2D eigenvalue weighted by molar-refractivity contribution is 7.10. The zero-order valence-corrected chi connectivity index (χ0v) is 9.01. The summed E-state index contributed by atoms with van der Waals surface area (Å²) >= 11 is 1.34. The first-order valence-corrected chi connectivity index (χ1v) is 5.22. The quantitative estimate of drug-likeness (QED) is 0.857. The van der Waals surface area contributed by atoms with Crippen LogP contribution in [0.3, 0.4) is 0 Å². The van der Waals surface area contributed by atoms with E-state index in [1.165, 1.54) is 18.4 Å². The van der Waals surface area contributed by atoms with Crippen LogP contribution in [0.1, 0.15) is 10.9 Å². The van der Waals surface area contributed by atoms with Gasteiger partial charge in [0.05, 0.1) is 6.54 Å². The molecule has 0 saturated carbocycles. The molecular weight excluding hydrogens is 222 g/mol. The average Bonchev–Trinajstić information content (AvgIpc) is 2.67. The average molecular weight is 234 g/mol. The van der Waals surface area contributed by atoms with Crippen LogP contribution in [0.15, 0.2) is 17.5 Å². The van der Waals surface area contributed by atoms with Gasteiger partial charge >= 0.3 is 0 Å². The summed E-state index contributed by atoms with van der Waals surface area (Å²) in [7, 11) is 1.32. The van der Waals surface area contributed by atoms with Crippen molar-refractivity contribution in [2.24, 2.45) is 5.73 Å². The summed E-state index contributed by atoms with van der Waals surface area (Å²) < 4.78 is 24.0. The zero-order valence-electron chi connectivity index (χ0n) is 8.19. The van der Waals surface area contributed by atoms with Crippen molar-refractivity contribution in [3.63, 3.8) is 0 Å². The number of rotatable bonds is 4. The molecule has 3 nitrogen and oxygen atoms in total. The van der Waals surface area contributed by atoms with Gasteiger partial charge in [-0.25, -0.2) is 8.78 Å². The van der Waals surface area contributed by atoms with Crippen molar-refractivity contribution >= 4 is 17.2 Å². The van der Waals surface area contributed by atoms with Gasteiger partial charge in [0.15, 0.2) is 0 Å². The lowest BCUT2D eigenvalue weighted by Crippen LogP contribution is -2.38. The van der Waals surface area contributed by atoms with Crippen LogP contribution in [0.5, 0.6) is 0 Å². The number of nitrogens with two attached hydrogens (primary N) is 1. The van der Waals surface area contributed by atoms with Crippen LogP contribution in [0.25, 0.3) is 0 Å². The molecule has 0 radical (unpaired) electrons. The fraction of sp³-hybridized carbons (Fsp3) is 0.444. The lowest BCUT2D eigenvalue weighted by Gasteiger charge is -2.20. The fourth-order valence-corrected chi connectivity index (χ4v) is 1.84. The molecule has 1 aromatic rings. The lowest BCUT2D eigenvalue weighted by molar-refractivity contribution is -0.133. The minimum Gasteiger partial charge on any atom is -0.338 e. The van der Waals surface area contributed by atoms with Crippen molar-refractivity contribution in [3.8, 4) is 0 Å². The third-order valence-electron chi connectivity index (χ3n) is 1.90. The Morgan fingerprint density at radius 3 is 2.80 bits per heavy atom. The van der Waals surface area contributed by atoms with Gasteiger partial charge in [-0.2, -0.15) is 0 Å². The molecule has 0 saturated heterocycles. The molecule has 2 N–H and O–H groups in total. The van der Waals surface area contributed by atoms with Crippen LogP contribution < -0.4 is 5.73 Å². The van der Waals surface area contributed by atoms with E-state index in [9.17, 15) is 13.6 Å². The van der Waals surface area contributed by atoms with Gasteiger partial charge in [0, 0.05) is 11.9 Å². The van der Waals surface area contributed by atoms with Gasteiger partial charge in [0.25, 0.3) is 6.43 Å². The smallest absolute Gasteiger partial charge is 0.255 e. The molecule has 0 fully saturated rings. The summed E-state index contributed by atoms with van der Waals surface area (Å²) in [6.45, 7) is -0.585. The SMILES string of the molecule is CN(CC(F)F)C(=O)C(N)c1cccs1. The Morgan fingerprint density at radius 1 is 1.67 bits per heavy atom. The Morgan fingerprint density at radius 2 is 2.33 bits per heavy atom. The molecule has 0 aromatic carbocycles. The molecule has 0 bridgehead atoms. The van der Waals surface area contributed by atoms with E-state index < -0.39 is 24.9 Å². The van der Waals surface area contributed by atoms with E-state index in [-0.39, 0.29) is 0 Å². The molecule has 0 spiro atoms. The predicted octanol–water partition coefficient (Wildman–Crippen LogP) is 1.47. The van der Waals surface area contributed by atoms with E-state index in [1.54, 1.807) is 17.5 Å². The summed E-state index contributed by atoms with van der Waals surface area (Å²) in [4.78, 5) is 13.2. The predicted molar refractivity (Wildman–Crippen MR) is 54.9 cm³/mol. The van der Waals surface area contributed by atoms with Gasteiger partial charge < -0.3 is 10.6 Å². The molecule has 1 unspecified atom stereocenters. The molecule has 1 rings (SSSR count). The minimum atomic E-state index is -2.53. The number of thiophene rings is 1. The maximum Gasteiger partial charge on any atom is 0.255 e. The number of carbonyl (C=O) groups is 1. The lowest BCUT2D eigenvalue weighted by atomic mass is 10.2. The number of hydrogen-bond acceptors (Lipinski definition) is 3. The molecule has 84 valence electrons. The van der Waals surface area contributed by atoms with Crippen molar-refractivity contribution in [2.45, 2.75) is 12.5 Å². The first kappa shape index (κ1) is 12.1. The number of likely N-dealkylation sites (N-methyl/N-ethyl adjacent to an activating group) is 1. The molecular formula is C9H12F2N2OS. The third-order valence-corrected chi connectivity index (χ3v) is 2.86. The van der Waals surface area contributed by atoms with Crippen LogP contribution in [-0.2, 0) is 4.79 Å². The second-order valence-corrected chi connectivity index (χ2v) is 4.08. The van der Waals surface area contributed by atoms with E-state index >= 15 is 0 Å². The third kappa shape index (κ3) is 3.24. The number of hydrogen-bond donors (Lipinski definition) is 1. The largest absolute Gasteiger partial charge is 0.338 e. The summed E-state index contributed by atoms with van der Waals surface area (Å²) in [5.74, 6) is -0.488. The van der Waals surface area contributed by atoms with Crippen LogP contribution in [0, 0.1) is 0 Å². The Balaban J connectivity index is 2.60. The number of halogens is 2. The van der Waals surface area contributed by atoms with E-state index in [4.69, 9.17) is 5.73 Å². The van der Waals surface area contributed by atoms with Gasteiger partial charge in [-0.05, 0) is 11.4 Å². The Labute approximate surface area is 90.5 Å². The normalized spacial score (nSPS) is 12.9. The molecule has 15 heavy (non-hydrogen) atoms. The highest BCUT2D eigenvalue weighted by atomic mass is 32.1. The topological polar surface area (TPSA) is 46.3 Å². The van der Waals surface area contributed by atoms with E-state index in [0.717, 1.165) is 4.90 Å². The number of nitrogens with zero attached hydrogens (tertiary/aromatic N) is 1. The number of alkyl halides is 2. The summed E-state index contributed by atoms with van der Waals surface area (Å²) in [6, 6.07) is 2.64. The van der Waals surface area contributed by atoms with Crippen LogP contribution in [0.2, 0.25) is 0 Å². The number of amides is 1. The minimum absolute atomic E-state index is 0.488. The molecule has 1 atom stereocenters. The Kier molecular flexibility index (Phi) is 4.16. The second kappa shape index (κ2) is 5.18. The molecule has 0 aliphatic carbocycles. The Hall–Kier alpha value is -1.01. The molecule has 1 heterocycles. The highest BCUT2D eigenvalue weighted by Crippen LogP contribution is 2.18. The molecule has 1 amide bonds. The first-order chi connectivity index (χ1) is 7.02. The van der Waals surface area contributed by atoms with E-state index in [2.05, 4.69) is 0 Å². The van der Waals surface area contributed by atoms with Crippen LogP contribution in [-0.4, -0.2) is 30.8 Å². The van der Waals surface area contributed by atoms with Crippen LogP contribution in [0.4, 0.5) is 8.78 Å². The summed E-state index contributed by atoms with van der Waals surface area (Å²) in [6.07, 6.45) is -2.53. The van der Waals surface area contributed by atoms with Crippen molar-refractivity contribution in [2.75, 3.05) is 13.6 Å². The molecule has 1 aromatic heterocycles. The van der Waals surface area contributed by atoms with Gasteiger partial charge in [-0.3, -0.25) is 4.79 Å². The molecule has 6 heteroatoms. The van der Waals surface area contributed by atoms with Gasteiger partial charge in [0.2, 0.25) is 5.91 Å². The van der Waals surface area contributed by atoms with Crippen molar-refractivity contribution in [1.29, 1.82) is 0 Å². The Bertz CT molecular complexity index is 316. The fourth-order valence-electron chi connectivity index (χ4n) is 1.12.